The van der Waals surface area contributed by atoms with Crippen molar-refractivity contribution in [2.45, 2.75) is 19.4 Å². The van der Waals surface area contributed by atoms with Crippen LogP contribution in [0.25, 0.3) is 0 Å². The van der Waals surface area contributed by atoms with E-state index in [1.54, 1.807) is 11.3 Å². The molecule has 1 aromatic heterocycles. The molecule has 3 rings (SSSR count). The van der Waals surface area contributed by atoms with E-state index in [0.29, 0.717) is 0 Å². The number of amides is 2. The molecule has 2 fully saturated rings. The van der Waals surface area contributed by atoms with E-state index in [2.05, 4.69) is 55.1 Å². The molecular weight excluding hydrogens is 426 g/mol. The number of thiophene rings is 1. The van der Waals surface area contributed by atoms with Crippen molar-refractivity contribution in [2.75, 3.05) is 72.5 Å². The smallest absolute Gasteiger partial charge is 0.317 e. The summed E-state index contributed by atoms with van der Waals surface area (Å²) in [6.45, 7) is 11.2. The number of likely N-dealkylation sites (N-methyl/N-ethyl adjacent to an activating group) is 1. The average molecular weight is 458 g/mol. The fraction of sp³-hybridized carbons (Fsp3) is 0.737. The summed E-state index contributed by atoms with van der Waals surface area (Å²) in [7, 11) is 2.19. The number of urea groups is 1. The lowest BCUT2D eigenvalue weighted by Crippen LogP contribution is -2.51. The monoisotopic (exact) mass is 457 g/mol. The average Bonchev–Trinajstić information content (AvgIpc) is 3.08. The van der Waals surface area contributed by atoms with Gasteiger partial charge in [-0.25, -0.2) is 4.79 Å². The molecule has 0 atom stereocenters. The second kappa shape index (κ2) is 10.8. The maximum atomic E-state index is 12.3. The van der Waals surface area contributed by atoms with E-state index < -0.39 is 0 Å². The minimum atomic E-state index is 0.105. The first-order valence-electron chi connectivity index (χ1n) is 10.0. The summed E-state index contributed by atoms with van der Waals surface area (Å²) in [6, 6.07) is 4.39. The van der Waals surface area contributed by atoms with Crippen LogP contribution in [0.2, 0.25) is 0 Å². The summed E-state index contributed by atoms with van der Waals surface area (Å²) in [5.41, 5.74) is 0. The first kappa shape index (κ1) is 21.0. The molecule has 152 valence electrons. The molecule has 2 aliphatic rings. The van der Waals surface area contributed by atoms with Crippen molar-refractivity contribution in [3.8, 4) is 0 Å². The predicted octanol–water partition coefficient (Wildman–Crippen LogP) is 2.37. The molecule has 27 heavy (non-hydrogen) atoms. The predicted molar refractivity (Wildman–Crippen MR) is 115 cm³/mol. The number of nitrogens with one attached hydrogen (secondary N) is 1. The van der Waals surface area contributed by atoms with Gasteiger partial charge in [0.1, 0.15) is 0 Å². The van der Waals surface area contributed by atoms with Crippen molar-refractivity contribution in [3.63, 3.8) is 0 Å². The molecule has 0 unspecified atom stereocenters. The zero-order valence-electron chi connectivity index (χ0n) is 16.3. The molecule has 0 spiro atoms. The van der Waals surface area contributed by atoms with Gasteiger partial charge in [0.25, 0.3) is 0 Å². The molecule has 0 aliphatic carbocycles. The van der Waals surface area contributed by atoms with Crippen molar-refractivity contribution >= 4 is 33.3 Å². The SMILES string of the molecule is CN1CCN(CCCCNC(=O)N2CCN(Cc3ccc(Br)s3)CC2)CC1. The summed E-state index contributed by atoms with van der Waals surface area (Å²) in [5.74, 6) is 0. The van der Waals surface area contributed by atoms with Gasteiger partial charge in [-0.1, -0.05) is 0 Å². The van der Waals surface area contributed by atoms with Crippen LogP contribution in [0.4, 0.5) is 4.79 Å². The lowest BCUT2D eigenvalue weighted by Gasteiger charge is -2.34. The summed E-state index contributed by atoms with van der Waals surface area (Å²) < 4.78 is 1.18. The number of piperazine rings is 2. The highest BCUT2D eigenvalue weighted by Crippen LogP contribution is 2.23. The Bertz CT molecular complexity index is 582. The van der Waals surface area contributed by atoms with Gasteiger partial charge in [-0.3, -0.25) is 4.90 Å². The third-order valence-corrected chi connectivity index (χ3v) is 7.05. The van der Waals surface area contributed by atoms with Crippen LogP contribution in [-0.4, -0.2) is 98.1 Å². The number of nitrogens with zero attached hydrogens (tertiary/aromatic N) is 4. The molecule has 8 heteroatoms. The van der Waals surface area contributed by atoms with Gasteiger partial charge < -0.3 is 20.0 Å². The van der Waals surface area contributed by atoms with E-state index in [1.165, 1.54) is 34.8 Å². The van der Waals surface area contributed by atoms with E-state index in [-0.39, 0.29) is 6.03 Å². The third kappa shape index (κ3) is 7.02. The Morgan fingerprint density at radius 1 is 1.04 bits per heavy atom. The zero-order valence-corrected chi connectivity index (χ0v) is 18.7. The van der Waals surface area contributed by atoms with Crippen LogP contribution in [0, 0.1) is 0 Å². The van der Waals surface area contributed by atoms with Gasteiger partial charge in [0.05, 0.1) is 3.79 Å². The standard InChI is InChI=1S/C19H32BrN5OS/c1-22-8-10-23(11-9-22)7-3-2-6-21-19(26)25-14-12-24(13-15-25)16-17-4-5-18(20)27-17/h4-5H,2-3,6-16H2,1H3,(H,21,26). The fourth-order valence-corrected chi connectivity index (χ4v) is 5.13. The fourth-order valence-electron chi connectivity index (χ4n) is 3.61. The van der Waals surface area contributed by atoms with Crippen LogP contribution in [-0.2, 0) is 6.54 Å². The normalized spacial score (nSPS) is 20.1. The molecule has 0 radical (unpaired) electrons. The number of carbonyl (C=O) groups is 1. The Labute approximate surface area is 175 Å². The molecule has 1 N–H and O–H groups in total. The van der Waals surface area contributed by atoms with E-state index >= 15 is 0 Å². The van der Waals surface area contributed by atoms with Crippen molar-refractivity contribution in [1.29, 1.82) is 0 Å². The molecule has 0 saturated carbocycles. The molecule has 0 bridgehead atoms. The number of hydrogen-bond acceptors (Lipinski definition) is 5. The molecule has 2 aliphatic heterocycles. The number of halogens is 1. The van der Waals surface area contributed by atoms with Crippen molar-refractivity contribution in [2.24, 2.45) is 0 Å². The third-order valence-electron chi connectivity index (χ3n) is 5.44. The minimum absolute atomic E-state index is 0.105. The van der Waals surface area contributed by atoms with Crippen molar-refractivity contribution in [1.82, 2.24) is 24.9 Å². The molecule has 3 heterocycles. The summed E-state index contributed by atoms with van der Waals surface area (Å²) in [4.78, 5) is 23.0. The first-order valence-corrected chi connectivity index (χ1v) is 11.6. The van der Waals surface area contributed by atoms with Gasteiger partial charge in [0, 0.05) is 70.3 Å². The lowest BCUT2D eigenvalue weighted by molar-refractivity contribution is 0.135. The molecule has 2 saturated heterocycles. The number of hydrogen-bond donors (Lipinski definition) is 1. The Balaban J connectivity index is 1.24. The maximum Gasteiger partial charge on any atom is 0.317 e. The first-order chi connectivity index (χ1) is 13.1. The second-order valence-corrected chi connectivity index (χ2v) is 10.1. The molecule has 6 nitrogen and oxygen atoms in total. The minimum Gasteiger partial charge on any atom is -0.338 e. The van der Waals surface area contributed by atoms with Gasteiger partial charge in [0.2, 0.25) is 0 Å². The lowest BCUT2D eigenvalue weighted by atomic mass is 10.2. The quantitative estimate of drug-likeness (QED) is 0.638. The zero-order chi connectivity index (χ0) is 19.1. The number of carbonyl (C=O) groups excluding carboxylic acids is 1. The largest absolute Gasteiger partial charge is 0.338 e. The Morgan fingerprint density at radius 3 is 2.41 bits per heavy atom. The van der Waals surface area contributed by atoms with Crippen LogP contribution in [0.3, 0.4) is 0 Å². The van der Waals surface area contributed by atoms with Gasteiger partial charge >= 0.3 is 6.03 Å². The molecular formula is C19H32BrN5OS. The van der Waals surface area contributed by atoms with Gasteiger partial charge in [-0.05, 0) is 54.5 Å². The number of rotatable bonds is 7. The van der Waals surface area contributed by atoms with Gasteiger partial charge in [0.15, 0.2) is 0 Å². The molecule has 0 aromatic carbocycles. The van der Waals surface area contributed by atoms with Gasteiger partial charge in [-0.2, -0.15) is 0 Å². The van der Waals surface area contributed by atoms with E-state index in [4.69, 9.17) is 0 Å². The Hall–Kier alpha value is -0.670. The summed E-state index contributed by atoms with van der Waals surface area (Å²) >= 11 is 5.31. The van der Waals surface area contributed by atoms with Crippen molar-refractivity contribution in [3.05, 3.63) is 20.8 Å². The molecule has 2 amide bonds. The van der Waals surface area contributed by atoms with Gasteiger partial charge in [-0.15, -0.1) is 11.3 Å². The van der Waals surface area contributed by atoms with E-state index in [9.17, 15) is 4.79 Å². The van der Waals surface area contributed by atoms with Crippen LogP contribution in [0.1, 0.15) is 17.7 Å². The number of unbranched alkanes of at least 4 members (excludes halogenated alkanes) is 1. The van der Waals surface area contributed by atoms with E-state index in [1.807, 2.05) is 4.90 Å². The van der Waals surface area contributed by atoms with E-state index in [0.717, 1.165) is 58.7 Å². The highest BCUT2D eigenvalue weighted by Gasteiger charge is 2.21. The van der Waals surface area contributed by atoms with Crippen LogP contribution in [0.5, 0.6) is 0 Å². The topological polar surface area (TPSA) is 42.1 Å². The summed E-state index contributed by atoms with van der Waals surface area (Å²) in [6.07, 6.45) is 2.22. The highest BCUT2D eigenvalue weighted by atomic mass is 79.9. The van der Waals surface area contributed by atoms with Crippen molar-refractivity contribution < 1.29 is 4.79 Å². The second-order valence-electron chi connectivity index (χ2n) is 7.55. The maximum absolute atomic E-state index is 12.3. The Kier molecular flexibility index (Phi) is 8.39. The van der Waals surface area contributed by atoms with Crippen LogP contribution in [0.15, 0.2) is 15.9 Å². The van der Waals surface area contributed by atoms with Crippen LogP contribution >= 0.6 is 27.3 Å². The highest BCUT2D eigenvalue weighted by molar-refractivity contribution is 9.11. The summed E-state index contributed by atoms with van der Waals surface area (Å²) in [5, 5.41) is 3.10. The van der Waals surface area contributed by atoms with Crippen LogP contribution < -0.4 is 5.32 Å². The molecule has 1 aromatic rings. The Morgan fingerprint density at radius 2 is 1.74 bits per heavy atom.